The van der Waals surface area contributed by atoms with Gasteiger partial charge in [0, 0.05) is 0 Å². The van der Waals surface area contributed by atoms with Crippen LogP contribution in [-0.2, 0) is 37.1 Å². The Bertz CT molecular complexity index is 1810. The maximum atomic E-state index is 14.8. The summed E-state index contributed by atoms with van der Waals surface area (Å²) in [5.74, 6) is -2.13. The highest BCUT2D eigenvalue weighted by Gasteiger charge is 2.54. The number of hydrogen-bond donors (Lipinski definition) is 0. The maximum absolute atomic E-state index is 14.8. The second kappa shape index (κ2) is 37.0. The first kappa shape index (κ1) is 58.7. The topological polar surface area (TPSA) is 133 Å². The first-order valence-corrected chi connectivity index (χ1v) is 28.8. The van der Waals surface area contributed by atoms with E-state index in [1.165, 1.54) is 128 Å². The Labute approximate surface area is 421 Å². The fraction of sp³-hybridized carbons (Fsp3) is 0.638. The third-order valence-corrected chi connectivity index (χ3v) is 14.4. The van der Waals surface area contributed by atoms with Crippen LogP contribution in [0.5, 0.6) is 0 Å². The first-order chi connectivity index (χ1) is 34.3. The number of ether oxygens (including phenoxy) is 4. The molecule has 3 aromatic carbocycles. The number of esters is 3. The van der Waals surface area contributed by atoms with Crippen LogP contribution >= 0.6 is 7.82 Å². The van der Waals surface area contributed by atoms with Crippen molar-refractivity contribution in [3.63, 3.8) is 0 Å². The molecule has 1 heterocycles. The number of carbonyl (C=O) groups is 3. The van der Waals surface area contributed by atoms with Crippen molar-refractivity contribution in [2.45, 2.75) is 218 Å². The van der Waals surface area contributed by atoms with Crippen LogP contribution in [0.15, 0.2) is 91.0 Å². The van der Waals surface area contributed by atoms with Crippen LogP contribution < -0.4 is 0 Å². The number of phosphoric ester groups is 1. The molecular weight excluding hydrogens is 904 g/mol. The molecule has 11 nitrogen and oxygen atoms in total. The van der Waals surface area contributed by atoms with Gasteiger partial charge in [-0.3, -0.25) is 13.6 Å². The molecule has 0 bridgehead atoms. The third kappa shape index (κ3) is 24.5. The zero-order valence-electron chi connectivity index (χ0n) is 42.8. The minimum absolute atomic E-state index is 0.111. The lowest BCUT2D eigenvalue weighted by Crippen LogP contribution is -2.42. The molecule has 0 amide bonds. The highest BCUT2D eigenvalue weighted by Crippen LogP contribution is 2.53. The molecule has 4 rings (SSSR count). The normalized spacial score (nSPS) is 16.8. The molecule has 0 aromatic heterocycles. The first-order valence-electron chi connectivity index (χ1n) is 27.3. The summed E-state index contributed by atoms with van der Waals surface area (Å²) in [7, 11) is -4.39. The van der Waals surface area contributed by atoms with Gasteiger partial charge in [0.25, 0.3) is 0 Å². The van der Waals surface area contributed by atoms with E-state index in [4.69, 9.17) is 32.5 Å². The van der Waals surface area contributed by atoms with Crippen LogP contribution in [0.1, 0.15) is 225 Å². The zero-order valence-corrected chi connectivity index (χ0v) is 43.7. The predicted octanol–water partition coefficient (Wildman–Crippen LogP) is 16.1. The van der Waals surface area contributed by atoms with E-state index in [0.29, 0.717) is 18.4 Å². The lowest BCUT2D eigenvalue weighted by atomic mass is 10.0. The quantitative estimate of drug-likeness (QED) is 0.0233. The molecule has 12 heteroatoms. The molecule has 1 saturated heterocycles. The van der Waals surface area contributed by atoms with Crippen LogP contribution in [0.4, 0.5) is 0 Å². The van der Waals surface area contributed by atoms with Gasteiger partial charge in [0.1, 0.15) is 12.7 Å². The molecule has 70 heavy (non-hydrogen) atoms. The molecular formula is C58H87O11P. The molecule has 1 aliphatic heterocycles. The summed E-state index contributed by atoms with van der Waals surface area (Å²) >= 11 is 0. The van der Waals surface area contributed by atoms with Gasteiger partial charge >= 0.3 is 25.7 Å². The Morgan fingerprint density at radius 2 is 0.743 bits per heavy atom. The number of unbranched alkanes of at least 4 members (excludes halogenated alkanes) is 26. The van der Waals surface area contributed by atoms with Crippen LogP contribution in [0.3, 0.4) is 0 Å². The molecule has 0 saturated carbocycles. The van der Waals surface area contributed by atoms with Gasteiger partial charge < -0.3 is 18.9 Å². The predicted molar refractivity (Wildman–Crippen MR) is 278 cm³/mol. The highest BCUT2D eigenvalue weighted by molar-refractivity contribution is 7.48. The van der Waals surface area contributed by atoms with E-state index in [2.05, 4.69) is 13.8 Å². The van der Waals surface area contributed by atoms with Crippen molar-refractivity contribution in [3.05, 3.63) is 108 Å². The minimum atomic E-state index is -4.39. The van der Waals surface area contributed by atoms with Crippen LogP contribution in [0.25, 0.3) is 0 Å². The van der Waals surface area contributed by atoms with E-state index in [1.54, 1.807) is 91.0 Å². The summed E-state index contributed by atoms with van der Waals surface area (Å²) in [5.41, 5.74) is 0.759. The summed E-state index contributed by atoms with van der Waals surface area (Å²) in [5, 5.41) is 0. The van der Waals surface area contributed by atoms with E-state index >= 15 is 0 Å². The number of benzene rings is 3. The number of rotatable bonds is 41. The Kier molecular flexibility index (Phi) is 31.0. The minimum Gasteiger partial charge on any atom is -0.459 e. The summed E-state index contributed by atoms with van der Waals surface area (Å²) in [4.78, 5) is 40.6. The van der Waals surface area contributed by atoms with Gasteiger partial charge in [0.2, 0.25) is 6.29 Å². The second-order valence-corrected chi connectivity index (χ2v) is 20.5. The van der Waals surface area contributed by atoms with E-state index in [1.807, 2.05) is 0 Å². The Hall–Kier alpha value is -3.86. The van der Waals surface area contributed by atoms with Gasteiger partial charge in [-0.2, -0.15) is 0 Å². The van der Waals surface area contributed by atoms with Crippen LogP contribution in [0.2, 0.25) is 0 Å². The summed E-state index contributed by atoms with van der Waals surface area (Å²) in [6.07, 6.45) is 27.8. The van der Waals surface area contributed by atoms with Gasteiger partial charge in [-0.1, -0.05) is 235 Å². The van der Waals surface area contributed by atoms with Crippen molar-refractivity contribution in [1.29, 1.82) is 0 Å². The lowest BCUT2D eigenvalue weighted by molar-refractivity contribution is -0.133. The smallest absolute Gasteiger partial charge is 0.459 e. The van der Waals surface area contributed by atoms with Gasteiger partial charge in [-0.05, 0) is 49.2 Å². The zero-order chi connectivity index (χ0) is 49.8. The summed E-state index contributed by atoms with van der Waals surface area (Å²) in [6.45, 7) is 4.32. The molecule has 0 N–H and O–H groups in total. The van der Waals surface area contributed by atoms with Gasteiger partial charge in [-0.15, -0.1) is 0 Å². The second-order valence-electron chi connectivity index (χ2n) is 18.9. The molecule has 0 radical (unpaired) electrons. The lowest BCUT2D eigenvalue weighted by Gasteiger charge is -2.26. The highest BCUT2D eigenvalue weighted by atomic mass is 31.2. The molecule has 4 atom stereocenters. The summed E-state index contributed by atoms with van der Waals surface area (Å²) in [6, 6.07) is 25.1. The third-order valence-electron chi connectivity index (χ3n) is 12.9. The van der Waals surface area contributed by atoms with E-state index in [9.17, 15) is 18.9 Å². The SMILES string of the molecule is CCCCCCCCCCCCCCCCOP(=O)(OCCCCCCCCCCCCCCCC)O[C@@H]1O[C@H](COC(=O)c2ccccc2)[C@@H](OC(=O)c2ccccc2)[C@H]1OC(=O)c1ccccc1. The van der Waals surface area contributed by atoms with Gasteiger partial charge in [0.05, 0.1) is 29.9 Å². The number of carbonyl (C=O) groups excluding carboxylic acids is 3. The van der Waals surface area contributed by atoms with E-state index in [-0.39, 0.29) is 24.3 Å². The Balaban J connectivity index is 1.41. The standard InChI is InChI=1S/C58H87O11P/c1-3-5-7-9-11-13-15-17-19-21-23-25-27-38-46-64-70(62,65-47-39-28-26-24-22-20-18-16-14-12-10-8-6-4-2)69-58-54(68-57(61)51-44-36-31-37-45-51)53(67-56(60)50-42-34-30-35-43-50)52(66-58)48-63-55(59)49-40-32-29-33-41-49/h29-37,40-45,52-54,58H,3-28,38-39,46-48H2,1-2H3/t52-,53-,54-,58+/m1/s1. The van der Waals surface area contributed by atoms with Crippen molar-refractivity contribution in [1.82, 2.24) is 0 Å². The van der Waals surface area contributed by atoms with Crippen molar-refractivity contribution < 1.29 is 51.5 Å². The Morgan fingerprint density at radius 3 is 1.10 bits per heavy atom. The summed E-state index contributed by atoms with van der Waals surface area (Å²) < 4.78 is 57.1. The number of phosphoric acid groups is 1. The van der Waals surface area contributed by atoms with Crippen molar-refractivity contribution in [2.24, 2.45) is 0 Å². The van der Waals surface area contributed by atoms with Crippen molar-refractivity contribution in [3.8, 4) is 0 Å². The van der Waals surface area contributed by atoms with Gasteiger partial charge in [-0.25, -0.2) is 18.9 Å². The van der Waals surface area contributed by atoms with Crippen molar-refractivity contribution in [2.75, 3.05) is 19.8 Å². The molecule has 3 aromatic rings. The molecule has 1 fully saturated rings. The maximum Gasteiger partial charge on any atom is 0.477 e. The monoisotopic (exact) mass is 991 g/mol. The van der Waals surface area contributed by atoms with Gasteiger partial charge in [0.15, 0.2) is 12.2 Å². The largest absolute Gasteiger partial charge is 0.477 e. The van der Waals surface area contributed by atoms with Crippen LogP contribution in [-0.4, -0.2) is 62.3 Å². The molecule has 1 aliphatic rings. The molecule has 0 aliphatic carbocycles. The van der Waals surface area contributed by atoms with Crippen LogP contribution in [0, 0.1) is 0 Å². The Morgan fingerprint density at radius 1 is 0.429 bits per heavy atom. The molecule has 0 spiro atoms. The number of hydrogen-bond acceptors (Lipinski definition) is 11. The molecule has 0 unspecified atom stereocenters. The average Bonchev–Trinajstić information content (AvgIpc) is 3.69. The van der Waals surface area contributed by atoms with E-state index < -0.39 is 56.9 Å². The van der Waals surface area contributed by atoms with Crippen molar-refractivity contribution >= 4 is 25.7 Å². The average molecular weight is 991 g/mol. The fourth-order valence-corrected chi connectivity index (χ4v) is 10.0. The van der Waals surface area contributed by atoms with E-state index in [0.717, 1.165) is 38.5 Å². The fourth-order valence-electron chi connectivity index (χ4n) is 8.70. The molecule has 390 valence electrons.